The molecule has 3 heterocycles. The fraction of sp³-hybridized carbons (Fsp3) is 0.208. The minimum atomic E-state index is -0.679. The Hall–Kier alpha value is -3.58. The highest BCUT2D eigenvalue weighted by atomic mass is 19.1. The molecule has 4 aromatic rings. The molecule has 2 aromatic carbocycles. The van der Waals surface area contributed by atoms with Crippen LogP contribution in [0, 0.1) is 11.7 Å². The maximum absolute atomic E-state index is 13.3. The molecule has 0 radical (unpaired) electrons. The van der Waals surface area contributed by atoms with Crippen molar-refractivity contribution in [2.24, 2.45) is 5.92 Å². The second-order valence-electron chi connectivity index (χ2n) is 7.59. The molecular formula is C24H20FN3O3. The zero-order valence-corrected chi connectivity index (χ0v) is 16.6. The van der Waals surface area contributed by atoms with Crippen LogP contribution >= 0.6 is 0 Å². The van der Waals surface area contributed by atoms with Crippen molar-refractivity contribution in [2.75, 3.05) is 6.61 Å². The number of benzene rings is 2. The van der Waals surface area contributed by atoms with Crippen molar-refractivity contribution in [3.63, 3.8) is 0 Å². The predicted octanol–water partition coefficient (Wildman–Crippen LogP) is 4.03. The third kappa shape index (κ3) is 4.18. The molecule has 6 nitrogen and oxygen atoms in total. The van der Waals surface area contributed by atoms with Crippen molar-refractivity contribution >= 4 is 10.9 Å². The molecule has 1 aliphatic rings. The van der Waals surface area contributed by atoms with Gasteiger partial charge in [0.25, 0.3) is 0 Å². The first-order chi connectivity index (χ1) is 15.2. The molecule has 1 N–H and O–H groups in total. The Morgan fingerprint density at radius 3 is 2.81 bits per heavy atom. The van der Waals surface area contributed by atoms with E-state index in [9.17, 15) is 9.50 Å². The van der Waals surface area contributed by atoms with E-state index in [2.05, 4.69) is 15.0 Å². The molecule has 2 aromatic heterocycles. The SMILES string of the molecule is O[C@H]1c2cc(OCc3ccc4cc(F)ccc4n3)ccc2OC[C@H]1Cc1cncnc1. The number of aliphatic hydroxyl groups is 1. The second kappa shape index (κ2) is 8.28. The molecule has 0 aliphatic carbocycles. The zero-order chi connectivity index (χ0) is 21.2. The Morgan fingerprint density at radius 1 is 1.06 bits per heavy atom. The van der Waals surface area contributed by atoms with Crippen LogP contribution in [0.5, 0.6) is 11.5 Å². The summed E-state index contributed by atoms with van der Waals surface area (Å²) in [6.07, 6.45) is 4.92. The number of hydrogen-bond donors (Lipinski definition) is 1. The fourth-order valence-electron chi connectivity index (χ4n) is 3.81. The van der Waals surface area contributed by atoms with Gasteiger partial charge < -0.3 is 14.6 Å². The summed E-state index contributed by atoms with van der Waals surface area (Å²) in [6, 6.07) is 13.6. The van der Waals surface area contributed by atoms with E-state index in [1.54, 1.807) is 18.5 Å². The van der Waals surface area contributed by atoms with Gasteiger partial charge in [-0.1, -0.05) is 6.07 Å². The average Bonchev–Trinajstić information content (AvgIpc) is 2.80. The molecule has 2 atom stereocenters. The molecule has 156 valence electrons. The van der Waals surface area contributed by atoms with E-state index in [1.165, 1.54) is 18.5 Å². The fourth-order valence-corrected chi connectivity index (χ4v) is 3.81. The number of pyridine rings is 1. The van der Waals surface area contributed by atoms with Crippen molar-refractivity contribution in [2.45, 2.75) is 19.1 Å². The Balaban J connectivity index is 1.30. The number of aliphatic hydroxyl groups excluding tert-OH is 1. The quantitative estimate of drug-likeness (QED) is 0.528. The van der Waals surface area contributed by atoms with Crippen molar-refractivity contribution in [1.29, 1.82) is 0 Å². The van der Waals surface area contributed by atoms with Crippen LogP contribution in [-0.4, -0.2) is 26.7 Å². The van der Waals surface area contributed by atoms with E-state index in [0.717, 1.165) is 16.6 Å². The lowest BCUT2D eigenvalue weighted by atomic mass is 9.89. The van der Waals surface area contributed by atoms with Gasteiger partial charge in [-0.05, 0) is 54.4 Å². The van der Waals surface area contributed by atoms with Gasteiger partial charge in [-0.15, -0.1) is 0 Å². The summed E-state index contributed by atoms with van der Waals surface area (Å²) >= 11 is 0. The van der Waals surface area contributed by atoms with Gasteiger partial charge >= 0.3 is 0 Å². The first-order valence-electron chi connectivity index (χ1n) is 10.0. The molecule has 5 rings (SSSR count). The summed E-state index contributed by atoms with van der Waals surface area (Å²) in [7, 11) is 0. The number of nitrogens with zero attached hydrogens (tertiary/aromatic N) is 3. The lowest BCUT2D eigenvalue weighted by Crippen LogP contribution is -2.27. The molecule has 31 heavy (non-hydrogen) atoms. The van der Waals surface area contributed by atoms with Crippen LogP contribution in [0.2, 0.25) is 0 Å². The molecule has 0 saturated carbocycles. The highest BCUT2D eigenvalue weighted by Crippen LogP contribution is 2.39. The van der Waals surface area contributed by atoms with Crippen molar-refractivity contribution < 1.29 is 19.0 Å². The monoisotopic (exact) mass is 417 g/mol. The third-order valence-electron chi connectivity index (χ3n) is 5.41. The normalized spacial score (nSPS) is 17.7. The largest absolute Gasteiger partial charge is 0.493 e. The van der Waals surface area contributed by atoms with E-state index < -0.39 is 6.10 Å². The summed E-state index contributed by atoms with van der Waals surface area (Å²) in [5, 5.41) is 11.7. The molecule has 0 saturated heterocycles. The van der Waals surface area contributed by atoms with E-state index in [0.29, 0.717) is 35.6 Å². The molecule has 0 unspecified atom stereocenters. The Kier molecular flexibility index (Phi) is 5.18. The van der Waals surface area contributed by atoms with Crippen LogP contribution in [0.25, 0.3) is 10.9 Å². The summed E-state index contributed by atoms with van der Waals surface area (Å²) in [4.78, 5) is 12.6. The minimum absolute atomic E-state index is 0.101. The van der Waals surface area contributed by atoms with Gasteiger partial charge in [0.1, 0.15) is 30.3 Å². The lowest BCUT2D eigenvalue weighted by molar-refractivity contribution is 0.0503. The first kappa shape index (κ1) is 19.4. The standard InChI is InChI=1S/C24H20FN3O3/c25-18-2-5-22-16(8-18)1-3-19(28-22)13-30-20-4-6-23-21(9-20)24(29)17(12-31-23)7-15-10-26-14-27-11-15/h1-6,8-11,14,17,24,29H,7,12-13H2/t17-,24-/m1/s1. The maximum Gasteiger partial charge on any atom is 0.130 e. The summed E-state index contributed by atoms with van der Waals surface area (Å²) in [5.74, 6) is 0.889. The van der Waals surface area contributed by atoms with Crippen LogP contribution in [0.15, 0.2) is 67.3 Å². The molecule has 0 spiro atoms. The summed E-state index contributed by atoms with van der Waals surface area (Å²) in [6.45, 7) is 0.679. The third-order valence-corrected chi connectivity index (χ3v) is 5.41. The van der Waals surface area contributed by atoms with Gasteiger partial charge in [-0.3, -0.25) is 0 Å². The molecular weight excluding hydrogens is 397 g/mol. The Labute approximate surface area is 178 Å². The highest BCUT2D eigenvalue weighted by Gasteiger charge is 2.30. The number of aromatic nitrogens is 3. The van der Waals surface area contributed by atoms with Crippen LogP contribution in [-0.2, 0) is 13.0 Å². The summed E-state index contributed by atoms with van der Waals surface area (Å²) in [5.41, 5.74) is 3.10. The summed E-state index contributed by atoms with van der Waals surface area (Å²) < 4.78 is 25.1. The van der Waals surface area contributed by atoms with Gasteiger partial charge in [-0.25, -0.2) is 19.3 Å². The Bertz CT molecular complexity index is 1220. The van der Waals surface area contributed by atoms with Crippen LogP contribution in [0.3, 0.4) is 0 Å². The molecule has 0 amide bonds. The van der Waals surface area contributed by atoms with Crippen LogP contribution in [0.4, 0.5) is 4.39 Å². The molecule has 1 aliphatic heterocycles. The number of ether oxygens (including phenoxy) is 2. The topological polar surface area (TPSA) is 77.4 Å². The van der Waals surface area contributed by atoms with Crippen LogP contribution < -0.4 is 9.47 Å². The zero-order valence-electron chi connectivity index (χ0n) is 16.6. The maximum atomic E-state index is 13.3. The van der Waals surface area contributed by atoms with Crippen molar-refractivity contribution in [3.8, 4) is 11.5 Å². The van der Waals surface area contributed by atoms with Crippen LogP contribution in [0.1, 0.15) is 22.9 Å². The molecule has 0 fully saturated rings. The van der Waals surface area contributed by atoms with Gasteiger partial charge in [0.05, 0.1) is 23.9 Å². The highest BCUT2D eigenvalue weighted by molar-refractivity contribution is 5.78. The van der Waals surface area contributed by atoms with Gasteiger partial charge in [0.2, 0.25) is 0 Å². The first-order valence-corrected chi connectivity index (χ1v) is 10.0. The van der Waals surface area contributed by atoms with E-state index in [4.69, 9.17) is 9.47 Å². The number of hydrogen-bond acceptors (Lipinski definition) is 6. The van der Waals surface area contributed by atoms with Gasteiger partial charge in [-0.2, -0.15) is 0 Å². The molecule has 7 heteroatoms. The lowest BCUT2D eigenvalue weighted by Gasteiger charge is -2.30. The van der Waals surface area contributed by atoms with E-state index in [1.807, 2.05) is 30.3 Å². The van der Waals surface area contributed by atoms with Crippen molar-refractivity contribution in [1.82, 2.24) is 15.0 Å². The van der Waals surface area contributed by atoms with Crippen molar-refractivity contribution in [3.05, 3.63) is 89.9 Å². The molecule has 0 bridgehead atoms. The van der Waals surface area contributed by atoms with Gasteiger partial charge in [0.15, 0.2) is 0 Å². The predicted molar refractivity (Wildman–Crippen MR) is 112 cm³/mol. The number of fused-ring (bicyclic) bond motifs is 2. The minimum Gasteiger partial charge on any atom is -0.493 e. The van der Waals surface area contributed by atoms with Gasteiger partial charge in [0, 0.05) is 29.3 Å². The number of rotatable bonds is 5. The van der Waals surface area contributed by atoms with E-state index in [-0.39, 0.29) is 18.3 Å². The smallest absolute Gasteiger partial charge is 0.130 e. The Morgan fingerprint density at radius 2 is 1.94 bits per heavy atom. The second-order valence-corrected chi connectivity index (χ2v) is 7.59. The average molecular weight is 417 g/mol. The number of halogens is 1. The van der Waals surface area contributed by atoms with E-state index >= 15 is 0 Å².